The molecule has 1 aliphatic rings. The lowest BCUT2D eigenvalue weighted by atomic mass is 9.87. The van der Waals surface area contributed by atoms with E-state index >= 15 is 0 Å². The zero-order chi connectivity index (χ0) is 10.3. The Balaban J connectivity index is 2.38. The molecule has 14 heavy (non-hydrogen) atoms. The van der Waals surface area contributed by atoms with Crippen molar-refractivity contribution < 1.29 is 4.74 Å². The molecular formula is C11H16N2O. The minimum atomic E-state index is -0.403. The van der Waals surface area contributed by atoms with Gasteiger partial charge in [0.1, 0.15) is 5.75 Å². The normalized spacial score (nSPS) is 19.9. The van der Waals surface area contributed by atoms with Crippen LogP contribution in [0.25, 0.3) is 0 Å². The Labute approximate surface area is 84.3 Å². The van der Waals surface area contributed by atoms with Gasteiger partial charge in [0.05, 0.1) is 5.69 Å². The van der Waals surface area contributed by atoms with Crippen LogP contribution in [0.15, 0.2) is 18.2 Å². The molecular weight excluding hydrogens is 176 g/mol. The van der Waals surface area contributed by atoms with Crippen molar-refractivity contribution in [2.45, 2.75) is 32.5 Å². The number of rotatable bonds is 0. The molecule has 1 aromatic rings. The fourth-order valence-corrected chi connectivity index (χ4v) is 1.53. The predicted octanol–water partition coefficient (Wildman–Crippen LogP) is 2.03. The highest BCUT2D eigenvalue weighted by atomic mass is 16.5. The summed E-state index contributed by atoms with van der Waals surface area (Å²) in [6.07, 6.45) is -0.403. The van der Waals surface area contributed by atoms with E-state index in [1.54, 1.807) is 0 Å². The maximum Gasteiger partial charge on any atom is 0.225 e. The van der Waals surface area contributed by atoms with E-state index in [4.69, 9.17) is 10.5 Å². The van der Waals surface area contributed by atoms with E-state index in [9.17, 15) is 0 Å². The monoisotopic (exact) mass is 192 g/mol. The van der Waals surface area contributed by atoms with Gasteiger partial charge in [0.15, 0.2) is 0 Å². The van der Waals surface area contributed by atoms with Gasteiger partial charge in [-0.05, 0) is 23.1 Å². The van der Waals surface area contributed by atoms with Crippen LogP contribution in [0, 0.1) is 0 Å². The van der Waals surface area contributed by atoms with Crippen molar-refractivity contribution in [1.29, 1.82) is 0 Å². The number of nitrogens with two attached hydrogens (primary N) is 1. The van der Waals surface area contributed by atoms with Gasteiger partial charge in [0, 0.05) is 0 Å². The summed E-state index contributed by atoms with van der Waals surface area (Å²) in [4.78, 5) is 0. The van der Waals surface area contributed by atoms with Crippen LogP contribution in [0.2, 0.25) is 0 Å². The van der Waals surface area contributed by atoms with Gasteiger partial charge in [-0.25, -0.2) is 0 Å². The van der Waals surface area contributed by atoms with Crippen molar-refractivity contribution in [3.8, 4) is 5.75 Å². The summed E-state index contributed by atoms with van der Waals surface area (Å²) in [5, 5.41) is 3.07. The molecule has 1 aromatic carbocycles. The predicted molar refractivity (Wildman–Crippen MR) is 57.4 cm³/mol. The topological polar surface area (TPSA) is 47.3 Å². The van der Waals surface area contributed by atoms with Gasteiger partial charge in [-0.3, -0.25) is 5.73 Å². The third kappa shape index (κ3) is 1.55. The Morgan fingerprint density at radius 1 is 1.36 bits per heavy atom. The van der Waals surface area contributed by atoms with Crippen molar-refractivity contribution >= 4 is 5.69 Å². The molecule has 2 rings (SSSR count). The van der Waals surface area contributed by atoms with Crippen LogP contribution < -0.4 is 15.8 Å². The number of benzene rings is 1. The Kier molecular flexibility index (Phi) is 1.93. The molecule has 0 bridgehead atoms. The molecule has 0 saturated carbocycles. The first-order valence-electron chi connectivity index (χ1n) is 4.80. The van der Waals surface area contributed by atoms with E-state index in [0.29, 0.717) is 0 Å². The molecule has 1 heterocycles. The summed E-state index contributed by atoms with van der Waals surface area (Å²) in [5.41, 5.74) is 8.04. The molecule has 0 aromatic heterocycles. The summed E-state index contributed by atoms with van der Waals surface area (Å²) in [7, 11) is 0. The molecule has 76 valence electrons. The minimum absolute atomic E-state index is 0.156. The molecule has 1 unspecified atom stereocenters. The first-order chi connectivity index (χ1) is 6.47. The molecule has 0 fully saturated rings. The van der Waals surface area contributed by atoms with Crippen LogP contribution in [0.1, 0.15) is 26.3 Å². The summed E-state index contributed by atoms with van der Waals surface area (Å²) < 4.78 is 5.34. The number of ether oxygens (including phenoxy) is 1. The molecule has 0 aliphatic carbocycles. The van der Waals surface area contributed by atoms with Crippen LogP contribution in [0.4, 0.5) is 5.69 Å². The van der Waals surface area contributed by atoms with Gasteiger partial charge in [0.25, 0.3) is 0 Å². The van der Waals surface area contributed by atoms with E-state index in [1.165, 1.54) is 5.56 Å². The van der Waals surface area contributed by atoms with Crippen LogP contribution in [0.3, 0.4) is 0 Å². The largest absolute Gasteiger partial charge is 0.456 e. The Morgan fingerprint density at radius 2 is 2.07 bits per heavy atom. The van der Waals surface area contributed by atoms with Crippen LogP contribution in [-0.4, -0.2) is 6.35 Å². The van der Waals surface area contributed by atoms with E-state index in [0.717, 1.165) is 11.4 Å². The van der Waals surface area contributed by atoms with Gasteiger partial charge < -0.3 is 10.1 Å². The second kappa shape index (κ2) is 2.89. The quantitative estimate of drug-likeness (QED) is 0.661. The molecule has 0 saturated heterocycles. The molecule has 0 spiro atoms. The second-order valence-electron chi connectivity index (χ2n) is 4.64. The van der Waals surface area contributed by atoms with Crippen molar-refractivity contribution in [3.05, 3.63) is 23.8 Å². The van der Waals surface area contributed by atoms with Gasteiger partial charge in [0.2, 0.25) is 6.35 Å². The Bertz CT molecular complexity index is 355. The minimum Gasteiger partial charge on any atom is -0.456 e. The van der Waals surface area contributed by atoms with Gasteiger partial charge in [-0.1, -0.05) is 26.8 Å². The van der Waals surface area contributed by atoms with Gasteiger partial charge in [-0.2, -0.15) is 0 Å². The molecule has 3 heteroatoms. The molecule has 0 radical (unpaired) electrons. The van der Waals surface area contributed by atoms with E-state index < -0.39 is 6.35 Å². The summed E-state index contributed by atoms with van der Waals surface area (Å²) in [5.74, 6) is 0.838. The van der Waals surface area contributed by atoms with Gasteiger partial charge >= 0.3 is 0 Å². The molecule has 1 aliphatic heterocycles. The lowest BCUT2D eigenvalue weighted by Gasteiger charge is -2.19. The third-order valence-corrected chi connectivity index (χ3v) is 2.40. The highest BCUT2D eigenvalue weighted by Crippen LogP contribution is 2.34. The zero-order valence-electron chi connectivity index (χ0n) is 8.79. The average molecular weight is 192 g/mol. The first kappa shape index (κ1) is 9.34. The lowest BCUT2D eigenvalue weighted by Crippen LogP contribution is -2.30. The van der Waals surface area contributed by atoms with Crippen molar-refractivity contribution in [2.24, 2.45) is 5.73 Å². The van der Waals surface area contributed by atoms with E-state index in [-0.39, 0.29) is 5.41 Å². The molecule has 3 nitrogen and oxygen atoms in total. The molecule has 0 amide bonds. The number of anilines is 1. The number of hydrogen-bond donors (Lipinski definition) is 2. The number of fused-ring (bicyclic) bond motifs is 1. The number of nitrogens with one attached hydrogen (secondary N) is 1. The first-order valence-corrected chi connectivity index (χ1v) is 4.80. The maximum absolute atomic E-state index is 5.61. The van der Waals surface area contributed by atoms with Crippen LogP contribution >= 0.6 is 0 Å². The fraction of sp³-hybridized carbons (Fsp3) is 0.455. The summed E-state index contributed by atoms with van der Waals surface area (Å²) >= 11 is 0. The number of hydrogen-bond acceptors (Lipinski definition) is 3. The highest BCUT2D eigenvalue weighted by molar-refractivity contribution is 5.61. The Hall–Kier alpha value is -1.22. The van der Waals surface area contributed by atoms with Crippen molar-refractivity contribution in [1.82, 2.24) is 0 Å². The Morgan fingerprint density at radius 3 is 2.71 bits per heavy atom. The van der Waals surface area contributed by atoms with Gasteiger partial charge in [-0.15, -0.1) is 0 Å². The van der Waals surface area contributed by atoms with E-state index in [1.807, 2.05) is 6.07 Å². The lowest BCUT2D eigenvalue weighted by molar-refractivity contribution is 0.262. The zero-order valence-corrected chi connectivity index (χ0v) is 8.79. The third-order valence-electron chi connectivity index (χ3n) is 2.40. The fourth-order valence-electron chi connectivity index (χ4n) is 1.53. The molecule has 1 atom stereocenters. The van der Waals surface area contributed by atoms with E-state index in [2.05, 4.69) is 38.2 Å². The average Bonchev–Trinajstić information content (AvgIpc) is 2.41. The van der Waals surface area contributed by atoms with Crippen LogP contribution in [-0.2, 0) is 5.41 Å². The maximum atomic E-state index is 5.61. The standard InChI is InChI=1S/C11H16N2O/c1-11(2,3)7-4-5-9-8(6-7)13-10(12)14-9/h4-6,10,13H,12H2,1-3H3. The molecule has 3 N–H and O–H groups in total. The second-order valence-corrected chi connectivity index (χ2v) is 4.64. The summed E-state index contributed by atoms with van der Waals surface area (Å²) in [6, 6.07) is 6.15. The smallest absolute Gasteiger partial charge is 0.225 e. The van der Waals surface area contributed by atoms with Crippen LogP contribution in [0.5, 0.6) is 5.75 Å². The van der Waals surface area contributed by atoms with Crippen molar-refractivity contribution in [2.75, 3.05) is 5.32 Å². The summed E-state index contributed by atoms with van der Waals surface area (Å²) in [6.45, 7) is 6.55. The van der Waals surface area contributed by atoms with Crippen molar-refractivity contribution in [3.63, 3.8) is 0 Å². The SMILES string of the molecule is CC(C)(C)c1ccc2c(c1)NC(N)O2. The highest BCUT2D eigenvalue weighted by Gasteiger charge is 2.21.